The summed E-state index contributed by atoms with van der Waals surface area (Å²) >= 11 is 5.24. The zero-order valence-corrected chi connectivity index (χ0v) is 13.2. The smallest absolute Gasteiger partial charge is 0.102 e. The second kappa shape index (κ2) is 5.00. The van der Waals surface area contributed by atoms with Crippen molar-refractivity contribution in [2.24, 2.45) is 0 Å². The van der Waals surface area contributed by atoms with E-state index in [9.17, 15) is 5.11 Å². The first kappa shape index (κ1) is 13.3. The van der Waals surface area contributed by atoms with E-state index in [2.05, 4.69) is 35.0 Å². The summed E-state index contributed by atoms with van der Waals surface area (Å²) in [5.41, 5.74) is 2.14. The van der Waals surface area contributed by atoms with Crippen LogP contribution in [0.4, 0.5) is 0 Å². The Morgan fingerprint density at radius 2 is 2.21 bits per heavy atom. The fourth-order valence-corrected chi connectivity index (χ4v) is 4.14. The molecule has 2 nitrogen and oxygen atoms in total. The van der Waals surface area contributed by atoms with Crippen molar-refractivity contribution in [3.05, 3.63) is 38.6 Å². The highest BCUT2D eigenvalue weighted by Crippen LogP contribution is 2.46. The van der Waals surface area contributed by atoms with Crippen molar-refractivity contribution in [1.29, 1.82) is 0 Å². The molecule has 0 bridgehead atoms. The Morgan fingerprint density at radius 1 is 1.42 bits per heavy atom. The third-order valence-corrected chi connectivity index (χ3v) is 5.67. The SMILES string of the molecule is Cc1sc(C2(CO)CCC2)nc1-c1cccc(Br)c1. The second-order valence-corrected chi connectivity index (χ2v) is 7.35. The van der Waals surface area contributed by atoms with Gasteiger partial charge in [-0.1, -0.05) is 34.5 Å². The van der Waals surface area contributed by atoms with E-state index >= 15 is 0 Å². The number of aliphatic hydroxyl groups is 1. The Bertz CT molecular complexity index is 598. The van der Waals surface area contributed by atoms with Crippen LogP contribution in [-0.2, 0) is 5.41 Å². The first-order chi connectivity index (χ1) is 9.14. The second-order valence-electron chi connectivity index (χ2n) is 5.23. The Morgan fingerprint density at radius 3 is 2.79 bits per heavy atom. The molecule has 0 spiro atoms. The molecule has 1 N–H and O–H groups in total. The van der Waals surface area contributed by atoms with E-state index in [1.807, 2.05) is 12.1 Å². The molecule has 100 valence electrons. The summed E-state index contributed by atoms with van der Waals surface area (Å²) in [7, 11) is 0. The molecule has 1 heterocycles. The average molecular weight is 338 g/mol. The van der Waals surface area contributed by atoms with Crippen LogP contribution in [0.5, 0.6) is 0 Å². The number of halogens is 1. The highest BCUT2D eigenvalue weighted by atomic mass is 79.9. The van der Waals surface area contributed by atoms with Crippen molar-refractivity contribution in [3.8, 4) is 11.3 Å². The largest absolute Gasteiger partial charge is 0.395 e. The quantitative estimate of drug-likeness (QED) is 0.905. The molecule has 0 atom stereocenters. The number of rotatable bonds is 3. The summed E-state index contributed by atoms with van der Waals surface area (Å²) in [6, 6.07) is 8.23. The van der Waals surface area contributed by atoms with Gasteiger partial charge in [0.2, 0.25) is 0 Å². The van der Waals surface area contributed by atoms with Gasteiger partial charge in [-0.05, 0) is 31.9 Å². The molecule has 0 unspecified atom stereocenters. The van der Waals surface area contributed by atoms with Crippen LogP contribution in [0.3, 0.4) is 0 Å². The molecular weight excluding hydrogens is 322 g/mol. The molecule has 1 aromatic heterocycles. The van der Waals surface area contributed by atoms with Crippen molar-refractivity contribution in [2.45, 2.75) is 31.6 Å². The van der Waals surface area contributed by atoms with E-state index < -0.39 is 0 Å². The fraction of sp³-hybridized carbons (Fsp3) is 0.400. The molecular formula is C15H16BrNOS. The minimum absolute atomic E-state index is 0.0559. The Kier molecular flexibility index (Phi) is 3.50. The lowest BCUT2D eigenvalue weighted by molar-refractivity contribution is 0.120. The van der Waals surface area contributed by atoms with Gasteiger partial charge >= 0.3 is 0 Å². The third kappa shape index (κ3) is 2.26. The summed E-state index contributed by atoms with van der Waals surface area (Å²) in [4.78, 5) is 6.05. The number of aromatic nitrogens is 1. The van der Waals surface area contributed by atoms with Crippen molar-refractivity contribution in [1.82, 2.24) is 4.98 Å². The van der Waals surface area contributed by atoms with Crippen LogP contribution in [0.25, 0.3) is 11.3 Å². The molecule has 19 heavy (non-hydrogen) atoms. The number of benzene rings is 1. The summed E-state index contributed by atoms with van der Waals surface area (Å²) in [5.74, 6) is 0. The Hall–Kier alpha value is -0.710. The number of aryl methyl sites for hydroxylation is 1. The first-order valence-electron chi connectivity index (χ1n) is 6.49. The van der Waals surface area contributed by atoms with Gasteiger partial charge in [0.15, 0.2) is 0 Å². The van der Waals surface area contributed by atoms with Gasteiger partial charge in [0, 0.05) is 20.3 Å². The summed E-state index contributed by atoms with van der Waals surface area (Å²) < 4.78 is 1.07. The third-order valence-electron chi connectivity index (χ3n) is 3.96. The van der Waals surface area contributed by atoms with Crippen LogP contribution < -0.4 is 0 Å². The van der Waals surface area contributed by atoms with Gasteiger partial charge in [-0.2, -0.15) is 0 Å². The maximum absolute atomic E-state index is 9.66. The zero-order chi connectivity index (χ0) is 13.5. The van der Waals surface area contributed by atoms with Crippen LogP contribution in [0.15, 0.2) is 28.7 Å². The normalized spacial score (nSPS) is 17.2. The standard InChI is InChI=1S/C15H16BrNOS/c1-10-13(11-4-2-5-12(16)8-11)17-14(19-10)15(9-18)6-3-7-15/h2,4-5,8,18H,3,6-7,9H2,1H3. The lowest BCUT2D eigenvalue weighted by Crippen LogP contribution is -2.37. The molecule has 1 aliphatic carbocycles. The molecule has 2 aromatic rings. The van der Waals surface area contributed by atoms with Crippen molar-refractivity contribution in [3.63, 3.8) is 0 Å². The highest BCUT2D eigenvalue weighted by Gasteiger charge is 2.41. The molecule has 1 aliphatic rings. The van der Waals surface area contributed by atoms with E-state index in [0.29, 0.717) is 0 Å². The Balaban J connectivity index is 2.02. The lowest BCUT2D eigenvalue weighted by atomic mass is 9.70. The van der Waals surface area contributed by atoms with E-state index in [-0.39, 0.29) is 12.0 Å². The van der Waals surface area contributed by atoms with Gasteiger partial charge in [0.05, 0.1) is 12.3 Å². The molecule has 0 saturated heterocycles. The molecule has 3 rings (SSSR count). The van der Waals surface area contributed by atoms with Crippen LogP contribution in [0, 0.1) is 6.92 Å². The predicted molar refractivity (Wildman–Crippen MR) is 82.6 cm³/mol. The van der Waals surface area contributed by atoms with Gasteiger partial charge in [-0.25, -0.2) is 4.98 Å². The summed E-state index contributed by atoms with van der Waals surface area (Å²) in [5, 5.41) is 10.8. The van der Waals surface area contributed by atoms with Gasteiger partial charge in [-0.15, -0.1) is 11.3 Å². The number of nitrogens with zero attached hydrogens (tertiary/aromatic N) is 1. The minimum atomic E-state index is -0.0559. The molecule has 1 saturated carbocycles. The van der Waals surface area contributed by atoms with Gasteiger partial charge in [-0.3, -0.25) is 0 Å². The maximum atomic E-state index is 9.66. The average Bonchev–Trinajstić information content (AvgIpc) is 2.71. The number of thiazole rings is 1. The van der Waals surface area contributed by atoms with E-state index in [0.717, 1.165) is 33.6 Å². The summed E-state index contributed by atoms with van der Waals surface area (Å²) in [6.45, 7) is 2.33. The van der Waals surface area contributed by atoms with Gasteiger partial charge in [0.1, 0.15) is 5.01 Å². The number of aliphatic hydroxyl groups excluding tert-OH is 1. The van der Waals surface area contributed by atoms with Crippen molar-refractivity contribution >= 4 is 27.3 Å². The minimum Gasteiger partial charge on any atom is -0.395 e. The molecule has 1 aromatic carbocycles. The number of hydrogen-bond acceptors (Lipinski definition) is 3. The Labute approximate surface area is 125 Å². The topological polar surface area (TPSA) is 33.1 Å². The number of hydrogen-bond donors (Lipinski definition) is 1. The maximum Gasteiger partial charge on any atom is 0.102 e. The molecule has 1 fully saturated rings. The molecule has 0 amide bonds. The van der Waals surface area contributed by atoms with Gasteiger partial charge in [0.25, 0.3) is 0 Å². The van der Waals surface area contributed by atoms with E-state index in [4.69, 9.17) is 4.98 Å². The zero-order valence-electron chi connectivity index (χ0n) is 10.8. The molecule has 0 radical (unpaired) electrons. The van der Waals surface area contributed by atoms with Crippen LogP contribution >= 0.6 is 27.3 Å². The first-order valence-corrected chi connectivity index (χ1v) is 8.10. The molecule has 0 aliphatic heterocycles. The van der Waals surface area contributed by atoms with Crippen molar-refractivity contribution < 1.29 is 5.11 Å². The van der Waals surface area contributed by atoms with E-state index in [1.165, 1.54) is 11.3 Å². The monoisotopic (exact) mass is 337 g/mol. The van der Waals surface area contributed by atoms with Gasteiger partial charge < -0.3 is 5.11 Å². The predicted octanol–water partition coefficient (Wildman–Crippen LogP) is 4.30. The summed E-state index contributed by atoms with van der Waals surface area (Å²) in [6.07, 6.45) is 3.33. The lowest BCUT2D eigenvalue weighted by Gasteiger charge is -2.38. The van der Waals surface area contributed by atoms with Crippen LogP contribution in [-0.4, -0.2) is 16.7 Å². The fourth-order valence-electron chi connectivity index (χ4n) is 2.57. The highest BCUT2D eigenvalue weighted by molar-refractivity contribution is 9.10. The van der Waals surface area contributed by atoms with Crippen molar-refractivity contribution in [2.75, 3.05) is 6.61 Å². The van der Waals surface area contributed by atoms with E-state index in [1.54, 1.807) is 11.3 Å². The van der Waals surface area contributed by atoms with Crippen LogP contribution in [0.1, 0.15) is 29.1 Å². The van der Waals surface area contributed by atoms with Crippen LogP contribution in [0.2, 0.25) is 0 Å². The molecule has 4 heteroatoms.